The van der Waals surface area contributed by atoms with E-state index < -0.39 is 0 Å². The molecule has 1 saturated carbocycles. The Morgan fingerprint density at radius 1 is 1.25 bits per heavy atom. The fraction of sp³-hybridized carbons (Fsp3) is 1.00. The first kappa shape index (κ1) is 7.30. The van der Waals surface area contributed by atoms with Gasteiger partial charge < -0.3 is 14.6 Å². The van der Waals surface area contributed by atoms with Crippen LogP contribution in [0.5, 0.6) is 0 Å². The Bertz CT molecular complexity index is 200. The summed E-state index contributed by atoms with van der Waals surface area (Å²) in [6, 6.07) is 0. The van der Waals surface area contributed by atoms with Crippen LogP contribution < -0.4 is 0 Å². The van der Waals surface area contributed by atoms with Crippen molar-refractivity contribution in [1.29, 1.82) is 0 Å². The zero-order valence-corrected chi connectivity index (χ0v) is 7.03. The molecule has 0 aromatic rings. The predicted molar refractivity (Wildman–Crippen MR) is 41.7 cm³/mol. The minimum absolute atomic E-state index is 0.251. The highest BCUT2D eigenvalue weighted by molar-refractivity contribution is 5.07. The molecule has 3 rings (SSSR count). The van der Waals surface area contributed by atoms with Crippen LogP contribution in [-0.2, 0) is 9.47 Å². The van der Waals surface area contributed by atoms with Gasteiger partial charge in [-0.1, -0.05) is 0 Å². The molecule has 3 fully saturated rings. The molecule has 1 aliphatic carbocycles. The van der Waals surface area contributed by atoms with Crippen molar-refractivity contribution >= 4 is 0 Å². The molecular formula is C9H14O3. The Morgan fingerprint density at radius 2 is 2.08 bits per heavy atom. The lowest BCUT2D eigenvalue weighted by Gasteiger charge is -2.33. The monoisotopic (exact) mass is 170 g/mol. The van der Waals surface area contributed by atoms with E-state index in [2.05, 4.69) is 0 Å². The van der Waals surface area contributed by atoms with Crippen LogP contribution in [0.15, 0.2) is 0 Å². The van der Waals surface area contributed by atoms with Crippen LogP contribution in [0.4, 0.5) is 0 Å². The number of ether oxygens (including phenoxy) is 2. The highest BCUT2D eigenvalue weighted by Gasteiger charge is 2.59. The molecule has 3 heteroatoms. The van der Waals surface area contributed by atoms with Crippen molar-refractivity contribution < 1.29 is 14.6 Å². The van der Waals surface area contributed by atoms with Gasteiger partial charge in [0, 0.05) is 11.3 Å². The van der Waals surface area contributed by atoms with Gasteiger partial charge in [0.15, 0.2) is 0 Å². The first-order chi connectivity index (χ1) is 5.82. The summed E-state index contributed by atoms with van der Waals surface area (Å²) in [5, 5.41) is 9.58. The van der Waals surface area contributed by atoms with E-state index in [1.165, 1.54) is 12.8 Å². The molecule has 0 amide bonds. The summed E-state index contributed by atoms with van der Waals surface area (Å²) in [6.07, 6.45) is 2.45. The van der Waals surface area contributed by atoms with Gasteiger partial charge in [0.05, 0.1) is 32.0 Å². The Labute approximate surface area is 71.7 Å². The van der Waals surface area contributed by atoms with Crippen LogP contribution in [0.2, 0.25) is 0 Å². The van der Waals surface area contributed by atoms with E-state index in [1.54, 1.807) is 0 Å². The third-order valence-electron chi connectivity index (χ3n) is 3.53. The van der Waals surface area contributed by atoms with Gasteiger partial charge in [0.25, 0.3) is 0 Å². The Balaban J connectivity index is 1.85. The Morgan fingerprint density at radius 3 is 2.83 bits per heavy atom. The van der Waals surface area contributed by atoms with E-state index in [9.17, 15) is 5.11 Å². The third-order valence-corrected chi connectivity index (χ3v) is 3.53. The molecular weight excluding hydrogens is 156 g/mol. The average Bonchev–Trinajstić information content (AvgIpc) is 2.73. The number of hydrogen-bond acceptors (Lipinski definition) is 3. The molecule has 3 nitrogen and oxygen atoms in total. The van der Waals surface area contributed by atoms with Crippen molar-refractivity contribution in [1.82, 2.24) is 0 Å². The summed E-state index contributed by atoms with van der Waals surface area (Å²) < 4.78 is 11.1. The molecule has 12 heavy (non-hydrogen) atoms. The van der Waals surface area contributed by atoms with Crippen LogP contribution >= 0.6 is 0 Å². The molecule has 2 unspecified atom stereocenters. The number of rotatable bonds is 0. The average molecular weight is 170 g/mol. The summed E-state index contributed by atoms with van der Waals surface area (Å²) >= 11 is 0. The molecule has 2 heterocycles. The van der Waals surface area contributed by atoms with Gasteiger partial charge in [-0.05, 0) is 12.8 Å². The Hall–Kier alpha value is -0.120. The van der Waals surface area contributed by atoms with Gasteiger partial charge in [-0.15, -0.1) is 0 Å². The summed E-state index contributed by atoms with van der Waals surface area (Å²) in [7, 11) is 0. The minimum atomic E-state index is -0.284. The number of aliphatic hydroxyl groups excluding tert-OH is 1. The zero-order valence-electron chi connectivity index (χ0n) is 7.03. The highest BCUT2D eigenvalue weighted by atomic mass is 16.5. The van der Waals surface area contributed by atoms with Crippen LogP contribution in [0.1, 0.15) is 12.8 Å². The molecule has 0 aromatic heterocycles. The second kappa shape index (κ2) is 2.22. The maximum Gasteiger partial charge on any atom is 0.0849 e. The zero-order chi connectivity index (χ0) is 8.18. The van der Waals surface area contributed by atoms with E-state index in [1.807, 2.05) is 0 Å². The van der Waals surface area contributed by atoms with Gasteiger partial charge in [-0.25, -0.2) is 0 Å². The fourth-order valence-electron chi connectivity index (χ4n) is 2.55. The Kier molecular flexibility index (Phi) is 1.35. The van der Waals surface area contributed by atoms with Crippen molar-refractivity contribution in [3.05, 3.63) is 0 Å². The summed E-state index contributed by atoms with van der Waals surface area (Å²) in [4.78, 5) is 0. The molecule has 2 aliphatic heterocycles. The van der Waals surface area contributed by atoms with Crippen molar-refractivity contribution in [3.8, 4) is 0 Å². The van der Waals surface area contributed by atoms with Crippen LogP contribution in [-0.4, -0.2) is 37.1 Å². The van der Waals surface area contributed by atoms with Crippen LogP contribution in [0.3, 0.4) is 0 Å². The number of fused-ring (bicyclic) bond motifs is 2. The highest BCUT2D eigenvalue weighted by Crippen LogP contribution is 2.56. The van der Waals surface area contributed by atoms with Crippen molar-refractivity contribution in [2.24, 2.45) is 11.3 Å². The molecule has 3 aliphatic rings. The predicted octanol–water partition coefficient (Wildman–Crippen LogP) is 0.173. The summed E-state index contributed by atoms with van der Waals surface area (Å²) in [6.45, 7) is 2.05. The van der Waals surface area contributed by atoms with Crippen molar-refractivity contribution in [3.63, 3.8) is 0 Å². The SMILES string of the molecule is O[C@@H]1COC2C1COCC21CC1. The molecule has 68 valence electrons. The van der Waals surface area contributed by atoms with Gasteiger partial charge >= 0.3 is 0 Å². The van der Waals surface area contributed by atoms with Gasteiger partial charge in [-0.2, -0.15) is 0 Å². The molecule has 2 saturated heterocycles. The normalized spacial score (nSPS) is 49.2. The lowest BCUT2D eigenvalue weighted by Crippen LogP contribution is -2.42. The molecule has 3 atom stereocenters. The molecule has 1 spiro atoms. The van der Waals surface area contributed by atoms with Crippen molar-refractivity contribution in [2.45, 2.75) is 25.0 Å². The maximum atomic E-state index is 9.58. The van der Waals surface area contributed by atoms with E-state index in [4.69, 9.17) is 9.47 Å². The molecule has 0 radical (unpaired) electrons. The molecule has 0 aromatic carbocycles. The van der Waals surface area contributed by atoms with Crippen LogP contribution in [0.25, 0.3) is 0 Å². The minimum Gasteiger partial charge on any atom is -0.390 e. The smallest absolute Gasteiger partial charge is 0.0849 e. The lowest BCUT2D eigenvalue weighted by atomic mass is 9.86. The quantitative estimate of drug-likeness (QED) is 0.563. The maximum absolute atomic E-state index is 9.58. The first-order valence-corrected chi connectivity index (χ1v) is 4.69. The van der Waals surface area contributed by atoms with Gasteiger partial charge in [-0.3, -0.25) is 0 Å². The van der Waals surface area contributed by atoms with Crippen LogP contribution in [0, 0.1) is 11.3 Å². The van der Waals surface area contributed by atoms with E-state index >= 15 is 0 Å². The fourth-order valence-corrected chi connectivity index (χ4v) is 2.55. The van der Waals surface area contributed by atoms with Crippen molar-refractivity contribution in [2.75, 3.05) is 19.8 Å². The second-order valence-corrected chi connectivity index (χ2v) is 4.36. The summed E-state index contributed by atoms with van der Waals surface area (Å²) in [5.74, 6) is 0.251. The largest absolute Gasteiger partial charge is 0.390 e. The number of aliphatic hydroxyl groups is 1. The first-order valence-electron chi connectivity index (χ1n) is 4.69. The summed E-state index contributed by atoms with van der Waals surface area (Å²) in [5.41, 5.74) is 0.306. The third kappa shape index (κ3) is 0.817. The topological polar surface area (TPSA) is 38.7 Å². The van der Waals surface area contributed by atoms with Gasteiger partial charge in [0.2, 0.25) is 0 Å². The van der Waals surface area contributed by atoms with E-state index in [0.29, 0.717) is 24.7 Å². The van der Waals surface area contributed by atoms with E-state index in [-0.39, 0.29) is 12.0 Å². The second-order valence-electron chi connectivity index (χ2n) is 4.36. The molecule has 0 bridgehead atoms. The molecule has 1 N–H and O–H groups in total. The lowest BCUT2D eigenvalue weighted by molar-refractivity contribution is -0.0842. The van der Waals surface area contributed by atoms with E-state index in [0.717, 1.165) is 6.61 Å². The number of hydrogen-bond donors (Lipinski definition) is 1. The standard InChI is InChI=1S/C9H14O3/c10-7-4-12-8-6(7)3-11-5-9(8)1-2-9/h6-8,10H,1-5H2/t6?,7-,8?/m1/s1. The van der Waals surface area contributed by atoms with Gasteiger partial charge in [0.1, 0.15) is 0 Å².